The minimum atomic E-state index is -0.337. The van der Waals surface area contributed by atoms with Crippen LogP contribution < -0.4 is 10.6 Å². The summed E-state index contributed by atoms with van der Waals surface area (Å²) in [4.78, 5) is 24.8. The van der Waals surface area contributed by atoms with E-state index < -0.39 is 0 Å². The zero-order chi connectivity index (χ0) is 18.1. The predicted octanol–water partition coefficient (Wildman–Crippen LogP) is 3.60. The molecule has 0 aliphatic carbocycles. The van der Waals surface area contributed by atoms with Gasteiger partial charge in [0, 0.05) is 18.2 Å². The van der Waals surface area contributed by atoms with E-state index in [4.69, 9.17) is 4.42 Å². The maximum atomic E-state index is 12.4. The topological polar surface area (TPSA) is 71.3 Å². The van der Waals surface area contributed by atoms with Gasteiger partial charge in [0.2, 0.25) is 0 Å². The summed E-state index contributed by atoms with van der Waals surface area (Å²) in [5, 5.41) is 5.51. The average Bonchev–Trinajstić information content (AvgIpc) is 3.11. The fourth-order valence-corrected chi connectivity index (χ4v) is 2.27. The Morgan fingerprint density at radius 3 is 2.52 bits per heavy atom. The van der Waals surface area contributed by atoms with E-state index in [1.54, 1.807) is 36.4 Å². The van der Waals surface area contributed by atoms with E-state index in [-0.39, 0.29) is 17.5 Å². The van der Waals surface area contributed by atoms with Gasteiger partial charge < -0.3 is 15.1 Å². The Labute approximate surface area is 148 Å². The number of carbonyl (C=O) groups is 2. The number of furan rings is 1. The van der Waals surface area contributed by atoms with E-state index in [0.717, 1.165) is 12.8 Å². The third-order valence-electron chi connectivity index (χ3n) is 3.60. The van der Waals surface area contributed by atoms with Crippen molar-refractivity contribution in [3.63, 3.8) is 0 Å². The largest absolute Gasteiger partial charge is 0.465 e. The van der Waals surface area contributed by atoms with E-state index in [2.05, 4.69) is 24.5 Å². The summed E-state index contributed by atoms with van der Waals surface area (Å²) in [5.41, 5.74) is 0.647. The van der Waals surface area contributed by atoms with Crippen LogP contribution in [0.4, 0.5) is 0 Å². The van der Waals surface area contributed by atoms with Gasteiger partial charge in [0.25, 0.3) is 11.8 Å². The average molecular weight is 340 g/mol. The lowest BCUT2D eigenvalue weighted by molar-refractivity contribution is -0.117. The van der Waals surface area contributed by atoms with Crippen LogP contribution in [0.15, 0.2) is 58.8 Å². The summed E-state index contributed by atoms with van der Waals surface area (Å²) >= 11 is 0. The van der Waals surface area contributed by atoms with Gasteiger partial charge in [-0.1, -0.05) is 32.0 Å². The van der Waals surface area contributed by atoms with E-state index >= 15 is 0 Å². The molecule has 25 heavy (non-hydrogen) atoms. The third kappa shape index (κ3) is 6.30. The van der Waals surface area contributed by atoms with E-state index in [9.17, 15) is 9.59 Å². The molecular formula is C20H24N2O3. The first-order valence-corrected chi connectivity index (χ1v) is 8.46. The monoisotopic (exact) mass is 340 g/mol. The number of hydrogen-bond acceptors (Lipinski definition) is 3. The summed E-state index contributed by atoms with van der Waals surface area (Å²) in [5.74, 6) is 0.425. The van der Waals surface area contributed by atoms with Crippen molar-refractivity contribution < 1.29 is 14.0 Å². The number of amides is 2. The number of hydrogen-bond donors (Lipinski definition) is 2. The minimum absolute atomic E-state index is 0.161. The molecule has 132 valence electrons. The van der Waals surface area contributed by atoms with Gasteiger partial charge >= 0.3 is 0 Å². The Morgan fingerprint density at radius 1 is 1.12 bits per heavy atom. The van der Waals surface area contributed by atoms with Crippen molar-refractivity contribution >= 4 is 17.9 Å². The van der Waals surface area contributed by atoms with Gasteiger partial charge in [-0.05, 0) is 43.0 Å². The van der Waals surface area contributed by atoms with Crippen LogP contribution in [0.5, 0.6) is 0 Å². The molecular weight excluding hydrogens is 316 g/mol. The molecule has 5 nitrogen and oxygen atoms in total. The third-order valence-corrected chi connectivity index (χ3v) is 3.60. The highest BCUT2D eigenvalue weighted by atomic mass is 16.3. The zero-order valence-electron chi connectivity index (χ0n) is 14.6. The second-order valence-corrected chi connectivity index (χ2v) is 6.19. The molecule has 1 aromatic heterocycles. The first kappa shape index (κ1) is 18.5. The molecule has 0 bridgehead atoms. The van der Waals surface area contributed by atoms with Gasteiger partial charge in [0.15, 0.2) is 0 Å². The van der Waals surface area contributed by atoms with Gasteiger partial charge in [0.1, 0.15) is 11.5 Å². The molecule has 1 aromatic carbocycles. The summed E-state index contributed by atoms with van der Waals surface area (Å²) < 4.78 is 5.25. The number of nitrogens with one attached hydrogen (secondary N) is 2. The van der Waals surface area contributed by atoms with Crippen LogP contribution in [0.2, 0.25) is 0 Å². The van der Waals surface area contributed by atoms with Crippen molar-refractivity contribution in [2.24, 2.45) is 5.92 Å². The molecule has 1 heterocycles. The minimum Gasteiger partial charge on any atom is -0.465 e. The van der Waals surface area contributed by atoms with Crippen molar-refractivity contribution in [2.45, 2.75) is 26.7 Å². The normalized spacial score (nSPS) is 11.4. The Kier molecular flexibility index (Phi) is 7.01. The molecule has 0 aliphatic rings. The quantitative estimate of drug-likeness (QED) is 0.570. The van der Waals surface area contributed by atoms with Crippen LogP contribution in [-0.2, 0) is 4.79 Å². The number of benzene rings is 1. The smallest absolute Gasteiger partial charge is 0.267 e. The summed E-state index contributed by atoms with van der Waals surface area (Å²) in [6, 6.07) is 12.2. The second-order valence-electron chi connectivity index (χ2n) is 6.19. The van der Waals surface area contributed by atoms with Crippen molar-refractivity contribution in [1.82, 2.24) is 10.6 Å². The molecule has 5 heteroatoms. The Bertz CT molecular complexity index is 704. The summed E-state index contributed by atoms with van der Waals surface area (Å²) in [6.07, 6.45) is 4.97. The first-order valence-electron chi connectivity index (χ1n) is 8.46. The molecule has 0 spiro atoms. The van der Waals surface area contributed by atoms with E-state index in [1.807, 2.05) is 6.07 Å². The van der Waals surface area contributed by atoms with E-state index in [1.165, 1.54) is 12.3 Å². The maximum Gasteiger partial charge on any atom is 0.267 e. The summed E-state index contributed by atoms with van der Waals surface area (Å²) in [6.45, 7) is 4.85. The Balaban J connectivity index is 2.05. The van der Waals surface area contributed by atoms with Crippen LogP contribution in [0, 0.1) is 5.92 Å². The van der Waals surface area contributed by atoms with Crippen LogP contribution in [0.3, 0.4) is 0 Å². The highest BCUT2D eigenvalue weighted by Gasteiger charge is 2.14. The molecule has 2 aromatic rings. The van der Waals surface area contributed by atoms with Gasteiger partial charge in [0.05, 0.1) is 6.26 Å². The molecule has 2 N–H and O–H groups in total. The SMILES string of the molecule is CC(C)CCCNC(=O)/C(=C/c1ccco1)NC(=O)c1ccccc1. The van der Waals surface area contributed by atoms with Gasteiger partial charge in [-0.2, -0.15) is 0 Å². The highest BCUT2D eigenvalue weighted by Crippen LogP contribution is 2.08. The molecule has 2 rings (SSSR count). The van der Waals surface area contributed by atoms with Crippen molar-refractivity contribution in [3.05, 3.63) is 65.7 Å². The molecule has 0 radical (unpaired) electrons. The predicted molar refractivity (Wildman–Crippen MR) is 97.7 cm³/mol. The van der Waals surface area contributed by atoms with Crippen molar-refractivity contribution in [1.29, 1.82) is 0 Å². The van der Waals surface area contributed by atoms with Crippen molar-refractivity contribution in [2.75, 3.05) is 6.54 Å². The van der Waals surface area contributed by atoms with Crippen molar-refractivity contribution in [3.8, 4) is 0 Å². The Hall–Kier alpha value is -2.82. The fraction of sp³-hybridized carbons (Fsp3) is 0.300. The molecule has 0 fully saturated rings. The lowest BCUT2D eigenvalue weighted by atomic mass is 10.1. The van der Waals surface area contributed by atoms with Crippen LogP contribution >= 0.6 is 0 Å². The molecule has 0 aliphatic heterocycles. The fourth-order valence-electron chi connectivity index (χ4n) is 2.27. The molecule has 0 saturated carbocycles. The summed E-state index contributed by atoms with van der Waals surface area (Å²) in [7, 11) is 0. The van der Waals surface area contributed by atoms with E-state index in [0.29, 0.717) is 23.8 Å². The lowest BCUT2D eigenvalue weighted by Gasteiger charge is -2.11. The lowest BCUT2D eigenvalue weighted by Crippen LogP contribution is -2.35. The van der Waals surface area contributed by atoms with Crippen LogP contribution in [0.1, 0.15) is 42.8 Å². The zero-order valence-corrected chi connectivity index (χ0v) is 14.6. The molecule has 0 saturated heterocycles. The molecule has 2 amide bonds. The van der Waals surface area contributed by atoms with Crippen LogP contribution in [0.25, 0.3) is 6.08 Å². The highest BCUT2D eigenvalue weighted by molar-refractivity contribution is 6.05. The molecule has 0 unspecified atom stereocenters. The maximum absolute atomic E-state index is 12.4. The number of rotatable bonds is 8. The second kappa shape index (κ2) is 9.47. The Morgan fingerprint density at radius 2 is 1.88 bits per heavy atom. The van der Waals surface area contributed by atoms with Gasteiger partial charge in [-0.3, -0.25) is 9.59 Å². The molecule has 0 atom stereocenters. The van der Waals surface area contributed by atoms with Gasteiger partial charge in [-0.15, -0.1) is 0 Å². The standard InChI is InChI=1S/C20H24N2O3/c1-15(2)8-6-12-21-20(24)18(14-17-11-7-13-25-17)22-19(23)16-9-4-3-5-10-16/h3-5,7,9-11,13-15H,6,8,12H2,1-2H3,(H,21,24)(H,22,23)/b18-14-. The van der Waals surface area contributed by atoms with Gasteiger partial charge in [-0.25, -0.2) is 0 Å². The van der Waals surface area contributed by atoms with Crippen LogP contribution in [-0.4, -0.2) is 18.4 Å². The number of carbonyl (C=O) groups excluding carboxylic acids is 2. The first-order chi connectivity index (χ1) is 12.1.